The second-order valence-electron chi connectivity index (χ2n) is 3.97. The van der Waals surface area contributed by atoms with Crippen molar-refractivity contribution in [3.05, 3.63) is 11.3 Å². The molecule has 5 nitrogen and oxygen atoms in total. The molecule has 0 aromatic carbocycles. The molecule has 0 amide bonds. The van der Waals surface area contributed by atoms with E-state index in [0.717, 1.165) is 0 Å². The minimum atomic E-state index is -0.280. The SMILES string of the molecule is CCOC(C)(C)CNc1ncnc(N)c1Cl. The summed E-state index contributed by atoms with van der Waals surface area (Å²) in [6.07, 6.45) is 1.37. The van der Waals surface area contributed by atoms with Crippen LogP contribution in [0.4, 0.5) is 11.6 Å². The third kappa shape index (κ3) is 3.50. The highest BCUT2D eigenvalue weighted by atomic mass is 35.5. The van der Waals surface area contributed by atoms with Gasteiger partial charge in [-0.25, -0.2) is 9.97 Å². The minimum Gasteiger partial charge on any atom is -0.382 e. The van der Waals surface area contributed by atoms with Crippen molar-refractivity contribution in [3.8, 4) is 0 Å². The van der Waals surface area contributed by atoms with Gasteiger partial charge in [0.05, 0.1) is 5.60 Å². The Labute approximate surface area is 100 Å². The zero-order valence-corrected chi connectivity index (χ0v) is 10.5. The molecular formula is C10H17ClN4O. The van der Waals surface area contributed by atoms with Crippen LogP contribution < -0.4 is 11.1 Å². The molecule has 0 saturated carbocycles. The Morgan fingerprint density at radius 1 is 1.50 bits per heavy atom. The summed E-state index contributed by atoms with van der Waals surface area (Å²) in [5.74, 6) is 0.801. The lowest BCUT2D eigenvalue weighted by molar-refractivity contribution is 0.000644. The number of nitrogens with two attached hydrogens (primary N) is 1. The van der Waals surface area contributed by atoms with Gasteiger partial charge in [0.1, 0.15) is 17.2 Å². The molecule has 16 heavy (non-hydrogen) atoms. The summed E-state index contributed by atoms with van der Waals surface area (Å²) >= 11 is 5.95. The van der Waals surface area contributed by atoms with Gasteiger partial charge in [-0.2, -0.15) is 0 Å². The van der Waals surface area contributed by atoms with Gasteiger partial charge in [0.2, 0.25) is 0 Å². The Morgan fingerprint density at radius 2 is 2.19 bits per heavy atom. The summed E-state index contributed by atoms with van der Waals surface area (Å²) in [7, 11) is 0. The predicted octanol–water partition coefficient (Wildman–Crippen LogP) is 1.94. The van der Waals surface area contributed by atoms with E-state index in [9.17, 15) is 0 Å². The predicted molar refractivity (Wildman–Crippen MR) is 65.6 cm³/mol. The van der Waals surface area contributed by atoms with Crippen molar-refractivity contribution in [2.75, 3.05) is 24.2 Å². The molecule has 0 unspecified atom stereocenters. The molecule has 0 aliphatic rings. The van der Waals surface area contributed by atoms with Gasteiger partial charge in [0, 0.05) is 13.2 Å². The summed E-state index contributed by atoms with van der Waals surface area (Å²) < 4.78 is 5.54. The molecule has 0 radical (unpaired) electrons. The molecule has 6 heteroatoms. The maximum atomic E-state index is 5.95. The number of hydrogen-bond acceptors (Lipinski definition) is 5. The number of nitrogens with zero attached hydrogens (tertiary/aromatic N) is 2. The lowest BCUT2D eigenvalue weighted by Crippen LogP contribution is -2.33. The Bertz CT molecular complexity index is 357. The highest BCUT2D eigenvalue weighted by molar-refractivity contribution is 6.35. The minimum absolute atomic E-state index is 0.272. The van der Waals surface area contributed by atoms with Gasteiger partial charge in [0.15, 0.2) is 5.82 Å². The molecule has 0 spiro atoms. The van der Waals surface area contributed by atoms with Crippen LogP contribution >= 0.6 is 11.6 Å². The van der Waals surface area contributed by atoms with Crippen molar-refractivity contribution in [2.24, 2.45) is 0 Å². The fourth-order valence-corrected chi connectivity index (χ4v) is 1.41. The topological polar surface area (TPSA) is 73.1 Å². The smallest absolute Gasteiger partial charge is 0.150 e. The summed E-state index contributed by atoms with van der Waals surface area (Å²) in [5.41, 5.74) is 5.28. The molecule has 0 saturated heterocycles. The second-order valence-corrected chi connectivity index (χ2v) is 4.35. The number of nitrogens with one attached hydrogen (secondary N) is 1. The highest BCUT2D eigenvalue weighted by Crippen LogP contribution is 2.23. The number of nitrogen functional groups attached to an aromatic ring is 1. The zero-order valence-electron chi connectivity index (χ0n) is 9.75. The van der Waals surface area contributed by atoms with E-state index in [2.05, 4.69) is 15.3 Å². The van der Waals surface area contributed by atoms with Crippen molar-refractivity contribution in [3.63, 3.8) is 0 Å². The van der Waals surface area contributed by atoms with E-state index < -0.39 is 0 Å². The normalized spacial score (nSPS) is 11.5. The standard InChI is InChI=1S/C10H17ClN4O/c1-4-16-10(2,3)5-13-9-7(11)8(12)14-6-15-9/h6H,4-5H2,1-3H3,(H3,12,13,14,15). The summed E-state index contributed by atoms with van der Waals surface area (Å²) in [6, 6.07) is 0. The Hall–Kier alpha value is -1.07. The van der Waals surface area contributed by atoms with Gasteiger partial charge in [-0.1, -0.05) is 11.6 Å². The number of halogens is 1. The van der Waals surface area contributed by atoms with Crippen LogP contribution in [0.2, 0.25) is 5.02 Å². The quantitative estimate of drug-likeness (QED) is 0.828. The van der Waals surface area contributed by atoms with Crippen molar-refractivity contribution in [2.45, 2.75) is 26.4 Å². The van der Waals surface area contributed by atoms with Crippen LogP contribution in [0.5, 0.6) is 0 Å². The third-order valence-corrected chi connectivity index (χ3v) is 2.41. The van der Waals surface area contributed by atoms with Crippen LogP contribution in [0.3, 0.4) is 0 Å². The lowest BCUT2D eigenvalue weighted by Gasteiger charge is -2.25. The van der Waals surface area contributed by atoms with Crippen LogP contribution in [0.1, 0.15) is 20.8 Å². The fraction of sp³-hybridized carbons (Fsp3) is 0.600. The molecule has 3 N–H and O–H groups in total. The van der Waals surface area contributed by atoms with E-state index >= 15 is 0 Å². The van der Waals surface area contributed by atoms with Crippen molar-refractivity contribution in [1.82, 2.24) is 9.97 Å². The van der Waals surface area contributed by atoms with Crippen LogP contribution in [-0.2, 0) is 4.74 Å². The number of aromatic nitrogens is 2. The molecule has 1 heterocycles. The van der Waals surface area contributed by atoms with Gasteiger partial charge in [0.25, 0.3) is 0 Å². The highest BCUT2D eigenvalue weighted by Gasteiger charge is 2.18. The maximum absolute atomic E-state index is 5.95. The lowest BCUT2D eigenvalue weighted by atomic mass is 10.1. The summed E-state index contributed by atoms with van der Waals surface area (Å²) in [4.78, 5) is 7.80. The van der Waals surface area contributed by atoms with E-state index in [1.54, 1.807) is 0 Å². The Kier molecular flexibility index (Phi) is 4.32. The van der Waals surface area contributed by atoms with Crippen LogP contribution in [-0.4, -0.2) is 28.7 Å². The van der Waals surface area contributed by atoms with E-state index in [1.807, 2.05) is 20.8 Å². The third-order valence-electron chi connectivity index (χ3n) is 2.03. The number of hydrogen-bond donors (Lipinski definition) is 2. The molecule has 0 aliphatic heterocycles. The largest absolute Gasteiger partial charge is 0.382 e. The first-order valence-corrected chi connectivity index (χ1v) is 5.48. The molecule has 0 aliphatic carbocycles. The maximum Gasteiger partial charge on any atom is 0.150 e. The van der Waals surface area contributed by atoms with Crippen LogP contribution in [0.25, 0.3) is 0 Å². The van der Waals surface area contributed by atoms with Crippen molar-refractivity contribution < 1.29 is 4.74 Å². The van der Waals surface area contributed by atoms with Gasteiger partial charge < -0.3 is 15.8 Å². The van der Waals surface area contributed by atoms with Gasteiger partial charge in [-0.3, -0.25) is 0 Å². The van der Waals surface area contributed by atoms with Crippen molar-refractivity contribution >= 4 is 23.2 Å². The van der Waals surface area contributed by atoms with E-state index in [4.69, 9.17) is 22.1 Å². The summed E-state index contributed by atoms with van der Waals surface area (Å²) in [5, 5.41) is 3.43. The first-order chi connectivity index (χ1) is 7.46. The first-order valence-electron chi connectivity index (χ1n) is 5.10. The van der Waals surface area contributed by atoms with Gasteiger partial charge >= 0.3 is 0 Å². The van der Waals surface area contributed by atoms with Crippen LogP contribution in [0.15, 0.2) is 6.33 Å². The van der Waals surface area contributed by atoms with Crippen molar-refractivity contribution in [1.29, 1.82) is 0 Å². The van der Waals surface area contributed by atoms with Gasteiger partial charge in [-0.05, 0) is 20.8 Å². The number of anilines is 2. The molecule has 0 atom stereocenters. The van der Waals surface area contributed by atoms with Gasteiger partial charge in [-0.15, -0.1) is 0 Å². The molecule has 1 aromatic rings. The average molecular weight is 245 g/mol. The number of rotatable bonds is 5. The Balaban J connectivity index is 2.64. The molecular weight excluding hydrogens is 228 g/mol. The monoisotopic (exact) mass is 244 g/mol. The van der Waals surface area contributed by atoms with Crippen LogP contribution in [0, 0.1) is 0 Å². The molecule has 0 fully saturated rings. The average Bonchev–Trinajstić information content (AvgIpc) is 2.20. The Morgan fingerprint density at radius 3 is 2.81 bits per heavy atom. The zero-order chi connectivity index (χ0) is 12.2. The number of ether oxygens (including phenoxy) is 1. The molecule has 90 valence electrons. The summed E-state index contributed by atoms with van der Waals surface area (Å²) in [6.45, 7) is 7.19. The molecule has 1 aromatic heterocycles. The van der Waals surface area contributed by atoms with E-state index in [1.165, 1.54) is 6.33 Å². The van der Waals surface area contributed by atoms with E-state index in [-0.39, 0.29) is 11.4 Å². The first kappa shape index (κ1) is 13.0. The molecule has 1 rings (SSSR count). The molecule has 0 bridgehead atoms. The fourth-order valence-electron chi connectivity index (χ4n) is 1.25. The second kappa shape index (κ2) is 5.32. The van der Waals surface area contributed by atoms with E-state index in [0.29, 0.717) is 24.0 Å².